The van der Waals surface area contributed by atoms with Crippen LogP contribution in [0.4, 0.5) is 4.39 Å². The molecule has 0 unspecified atom stereocenters. The van der Waals surface area contributed by atoms with Crippen LogP contribution in [0.5, 0.6) is 0 Å². The number of nitriles is 1. The van der Waals surface area contributed by atoms with Gasteiger partial charge in [-0.25, -0.2) is 4.39 Å². The summed E-state index contributed by atoms with van der Waals surface area (Å²) in [5.41, 5.74) is 4.52. The second-order valence-electron chi connectivity index (χ2n) is 4.01. The molecule has 4 heteroatoms. The molecule has 0 aliphatic carbocycles. The van der Waals surface area contributed by atoms with Crippen LogP contribution in [-0.2, 0) is 18.0 Å². The maximum atomic E-state index is 13.5. The number of rotatable bonds is 5. The Bertz CT molecular complexity index is 578. The van der Waals surface area contributed by atoms with Crippen LogP contribution < -0.4 is 5.48 Å². The lowest BCUT2D eigenvalue weighted by molar-refractivity contribution is 0.0230. The van der Waals surface area contributed by atoms with Gasteiger partial charge < -0.3 is 0 Å². The molecule has 19 heavy (non-hydrogen) atoms. The zero-order valence-corrected chi connectivity index (χ0v) is 10.3. The van der Waals surface area contributed by atoms with Crippen LogP contribution in [0.3, 0.4) is 0 Å². The Hall–Kier alpha value is -2.22. The summed E-state index contributed by atoms with van der Waals surface area (Å²) in [4.78, 5) is 5.25. The van der Waals surface area contributed by atoms with E-state index in [0.29, 0.717) is 17.7 Å². The first-order valence-corrected chi connectivity index (χ1v) is 5.86. The Morgan fingerprint density at radius 1 is 1.16 bits per heavy atom. The molecule has 2 aromatic rings. The minimum absolute atomic E-state index is 0.254. The van der Waals surface area contributed by atoms with Crippen molar-refractivity contribution in [2.75, 3.05) is 0 Å². The molecule has 0 heterocycles. The summed E-state index contributed by atoms with van der Waals surface area (Å²) in [7, 11) is 0. The smallest absolute Gasteiger partial charge is 0.129 e. The van der Waals surface area contributed by atoms with E-state index in [0.717, 1.165) is 5.56 Å². The van der Waals surface area contributed by atoms with Crippen molar-refractivity contribution in [1.82, 2.24) is 5.48 Å². The summed E-state index contributed by atoms with van der Waals surface area (Å²) in [5, 5.41) is 8.64. The Balaban J connectivity index is 1.82. The molecule has 0 amide bonds. The molecule has 96 valence electrons. The van der Waals surface area contributed by atoms with Crippen molar-refractivity contribution in [1.29, 1.82) is 5.26 Å². The van der Waals surface area contributed by atoms with Crippen molar-refractivity contribution < 1.29 is 9.23 Å². The van der Waals surface area contributed by atoms with Crippen molar-refractivity contribution in [2.45, 2.75) is 13.2 Å². The van der Waals surface area contributed by atoms with Gasteiger partial charge in [0.2, 0.25) is 0 Å². The van der Waals surface area contributed by atoms with Crippen molar-refractivity contribution in [3.63, 3.8) is 0 Å². The highest BCUT2D eigenvalue weighted by Crippen LogP contribution is 2.09. The number of benzene rings is 2. The van der Waals surface area contributed by atoms with Crippen molar-refractivity contribution in [3.8, 4) is 6.07 Å². The Kier molecular flexibility index (Phi) is 4.62. The highest BCUT2D eigenvalue weighted by Gasteiger charge is 2.03. The molecule has 0 atom stereocenters. The van der Waals surface area contributed by atoms with Crippen molar-refractivity contribution in [3.05, 3.63) is 71.0 Å². The lowest BCUT2D eigenvalue weighted by atomic mass is 10.1. The van der Waals surface area contributed by atoms with E-state index < -0.39 is 5.82 Å². The molecule has 0 aliphatic rings. The quantitative estimate of drug-likeness (QED) is 0.661. The van der Waals surface area contributed by atoms with Gasteiger partial charge in [0, 0.05) is 12.1 Å². The molecule has 3 nitrogen and oxygen atoms in total. The van der Waals surface area contributed by atoms with E-state index in [1.165, 1.54) is 6.07 Å². The molecule has 0 radical (unpaired) electrons. The summed E-state index contributed by atoms with van der Waals surface area (Å²) in [5.74, 6) is -0.408. The van der Waals surface area contributed by atoms with E-state index >= 15 is 0 Å². The van der Waals surface area contributed by atoms with Gasteiger partial charge in [0.15, 0.2) is 0 Å². The zero-order valence-electron chi connectivity index (χ0n) is 10.3. The van der Waals surface area contributed by atoms with E-state index in [1.807, 2.05) is 36.4 Å². The topological polar surface area (TPSA) is 45.0 Å². The summed E-state index contributed by atoms with van der Waals surface area (Å²) >= 11 is 0. The Labute approximate surface area is 111 Å². The maximum Gasteiger partial charge on any atom is 0.129 e. The average molecular weight is 256 g/mol. The largest absolute Gasteiger partial charge is 0.297 e. The van der Waals surface area contributed by atoms with Crippen molar-refractivity contribution >= 4 is 0 Å². The molecule has 0 spiro atoms. The van der Waals surface area contributed by atoms with E-state index in [9.17, 15) is 4.39 Å². The van der Waals surface area contributed by atoms with Crippen LogP contribution in [0.15, 0.2) is 48.5 Å². The third-order valence-corrected chi connectivity index (χ3v) is 2.63. The van der Waals surface area contributed by atoms with Gasteiger partial charge in [-0.1, -0.05) is 36.4 Å². The molecule has 2 rings (SSSR count). The summed E-state index contributed by atoms with van der Waals surface area (Å²) in [6, 6.07) is 16.0. The molecule has 0 aliphatic heterocycles. The highest BCUT2D eigenvalue weighted by atomic mass is 19.1. The number of nitrogens with zero attached hydrogens (tertiary/aromatic N) is 1. The Morgan fingerprint density at radius 2 is 1.95 bits per heavy atom. The molecule has 0 saturated heterocycles. The monoisotopic (exact) mass is 256 g/mol. The predicted octanol–water partition coefficient (Wildman–Crippen LogP) is 2.92. The first-order valence-electron chi connectivity index (χ1n) is 5.86. The number of halogens is 1. The standard InChI is InChI=1S/C15H13FN2O/c16-15-8-13(9-17)6-7-14(15)10-18-19-11-12-4-2-1-3-5-12/h1-8,18H,10-11H2. The fourth-order valence-corrected chi connectivity index (χ4v) is 1.60. The van der Waals surface area contributed by atoms with Crippen LogP contribution in [-0.4, -0.2) is 0 Å². The molecular formula is C15H13FN2O. The highest BCUT2D eigenvalue weighted by molar-refractivity contribution is 5.32. The van der Waals surface area contributed by atoms with Gasteiger partial charge in [-0.05, 0) is 17.7 Å². The molecule has 1 N–H and O–H groups in total. The normalized spacial score (nSPS) is 10.1. The average Bonchev–Trinajstić information content (AvgIpc) is 2.46. The lowest BCUT2D eigenvalue weighted by Gasteiger charge is -2.07. The lowest BCUT2D eigenvalue weighted by Crippen LogP contribution is -2.14. The SMILES string of the molecule is N#Cc1ccc(CNOCc2ccccc2)c(F)c1. The van der Waals surface area contributed by atoms with Crippen LogP contribution >= 0.6 is 0 Å². The maximum absolute atomic E-state index is 13.5. The molecule has 0 fully saturated rings. The van der Waals surface area contributed by atoms with E-state index in [1.54, 1.807) is 12.1 Å². The van der Waals surface area contributed by atoms with Gasteiger partial charge in [0.25, 0.3) is 0 Å². The number of hydrogen-bond acceptors (Lipinski definition) is 3. The van der Waals surface area contributed by atoms with Gasteiger partial charge in [0.05, 0.1) is 18.2 Å². The fourth-order valence-electron chi connectivity index (χ4n) is 1.60. The van der Waals surface area contributed by atoms with Crippen molar-refractivity contribution in [2.24, 2.45) is 0 Å². The van der Waals surface area contributed by atoms with Crippen LogP contribution in [0.1, 0.15) is 16.7 Å². The predicted molar refractivity (Wildman–Crippen MR) is 69.2 cm³/mol. The van der Waals surface area contributed by atoms with Gasteiger partial charge in [-0.3, -0.25) is 4.84 Å². The van der Waals surface area contributed by atoms with Crippen LogP contribution in [0.25, 0.3) is 0 Å². The van der Waals surface area contributed by atoms with E-state index in [2.05, 4.69) is 5.48 Å². The summed E-state index contributed by atoms with van der Waals surface area (Å²) in [6.45, 7) is 0.670. The molecular weight excluding hydrogens is 243 g/mol. The summed E-state index contributed by atoms with van der Waals surface area (Å²) < 4.78 is 13.5. The van der Waals surface area contributed by atoms with Gasteiger partial charge in [-0.15, -0.1) is 0 Å². The molecule has 0 aromatic heterocycles. The third-order valence-electron chi connectivity index (χ3n) is 2.63. The molecule has 2 aromatic carbocycles. The minimum atomic E-state index is -0.408. The van der Waals surface area contributed by atoms with E-state index in [-0.39, 0.29) is 6.54 Å². The van der Waals surface area contributed by atoms with Gasteiger partial charge in [-0.2, -0.15) is 10.7 Å². The van der Waals surface area contributed by atoms with Crippen LogP contribution in [0.2, 0.25) is 0 Å². The fraction of sp³-hybridized carbons (Fsp3) is 0.133. The molecule has 0 saturated carbocycles. The Morgan fingerprint density at radius 3 is 2.63 bits per heavy atom. The summed E-state index contributed by atoms with van der Waals surface area (Å²) in [6.07, 6.45) is 0. The van der Waals surface area contributed by atoms with Gasteiger partial charge >= 0.3 is 0 Å². The number of hydroxylamine groups is 1. The first kappa shape index (κ1) is 13.2. The van der Waals surface area contributed by atoms with Gasteiger partial charge in [0.1, 0.15) is 5.82 Å². The third kappa shape index (κ3) is 3.88. The van der Waals surface area contributed by atoms with Crippen LogP contribution in [0, 0.1) is 17.1 Å². The minimum Gasteiger partial charge on any atom is -0.297 e. The second kappa shape index (κ2) is 6.64. The zero-order chi connectivity index (χ0) is 13.5. The second-order valence-corrected chi connectivity index (χ2v) is 4.01. The first-order chi connectivity index (χ1) is 9.29. The number of hydrogen-bond donors (Lipinski definition) is 1. The number of nitrogens with one attached hydrogen (secondary N) is 1. The van der Waals surface area contributed by atoms with E-state index in [4.69, 9.17) is 10.1 Å². The molecule has 0 bridgehead atoms.